The third-order valence-corrected chi connectivity index (χ3v) is 2.05. The van der Waals surface area contributed by atoms with Crippen LogP contribution < -0.4 is 10.5 Å². The summed E-state index contributed by atoms with van der Waals surface area (Å²) in [4.78, 5) is 17.4. The third kappa shape index (κ3) is 1.99. The lowest BCUT2D eigenvalue weighted by atomic mass is 10.5. The van der Waals surface area contributed by atoms with Gasteiger partial charge in [-0.3, -0.25) is 4.21 Å². The Kier molecular flexibility index (Phi) is 2.79. The zero-order valence-corrected chi connectivity index (χ0v) is 8.63. The molecule has 84 valence electrons. The Bertz CT molecular complexity index is 563. The Morgan fingerprint density at radius 3 is 2.88 bits per heavy atom. The maximum Gasteiger partial charge on any atom is 0.371 e. The quantitative estimate of drug-likeness (QED) is 0.676. The Balaban J connectivity index is 2.42. The van der Waals surface area contributed by atoms with Crippen LogP contribution in [0.15, 0.2) is 35.5 Å². The molecule has 8 nitrogen and oxygen atoms in total. The van der Waals surface area contributed by atoms with Gasteiger partial charge in [-0.05, 0) is 12.1 Å². The second-order valence-corrected chi connectivity index (χ2v) is 3.36. The van der Waals surface area contributed by atoms with Crippen LogP contribution in [-0.4, -0.2) is 28.2 Å². The molecule has 2 aromatic rings. The van der Waals surface area contributed by atoms with Crippen LogP contribution in [0.1, 0.15) is 0 Å². The molecule has 0 aliphatic carbocycles. The maximum absolute atomic E-state index is 11.6. The molecule has 16 heavy (non-hydrogen) atoms. The highest BCUT2D eigenvalue weighted by atomic mass is 32.2. The first-order valence-electron chi connectivity index (χ1n) is 4.12. The van der Waals surface area contributed by atoms with E-state index in [1.54, 1.807) is 18.2 Å². The monoisotopic (exact) mass is 240 g/mol. The normalized spacial score (nSPS) is 12.3. The van der Waals surface area contributed by atoms with Gasteiger partial charge in [-0.2, -0.15) is 9.36 Å². The van der Waals surface area contributed by atoms with E-state index in [9.17, 15) is 13.6 Å². The van der Waals surface area contributed by atoms with Crippen molar-refractivity contribution in [2.24, 2.45) is 0 Å². The van der Waals surface area contributed by atoms with Gasteiger partial charge in [0.05, 0.1) is 11.3 Å². The standard InChI is InChI=1S/C7H7N5O3S/c13-7-11(10-16(14)15)5-9-12(7)6-3-1-2-4-8-6/h1-5,10H,(H,14,15)/p-1. The summed E-state index contributed by atoms with van der Waals surface area (Å²) in [5.41, 5.74) is -0.650. The van der Waals surface area contributed by atoms with Gasteiger partial charge in [0.15, 0.2) is 5.82 Å². The summed E-state index contributed by atoms with van der Waals surface area (Å²) in [5.74, 6) is 0.310. The highest BCUT2D eigenvalue weighted by molar-refractivity contribution is 7.80. The molecule has 0 radical (unpaired) electrons. The summed E-state index contributed by atoms with van der Waals surface area (Å²) in [5, 5.41) is 3.71. The second kappa shape index (κ2) is 4.24. The van der Waals surface area contributed by atoms with Crippen LogP contribution in [0.4, 0.5) is 0 Å². The molecule has 1 atom stereocenters. The van der Waals surface area contributed by atoms with Crippen molar-refractivity contribution in [2.75, 3.05) is 4.83 Å². The number of pyridine rings is 1. The molecule has 0 fully saturated rings. The first kappa shape index (κ1) is 10.5. The van der Waals surface area contributed by atoms with Crippen molar-refractivity contribution >= 4 is 11.3 Å². The number of hydrogen-bond acceptors (Lipinski definition) is 5. The minimum atomic E-state index is -2.58. The van der Waals surface area contributed by atoms with E-state index in [0.29, 0.717) is 5.82 Å². The van der Waals surface area contributed by atoms with Crippen LogP contribution in [-0.2, 0) is 11.3 Å². The van der Waals surface area contributed by atoms with Gasteiger partial charge in [0.2, 0.25) is 0 Å². The molecule has 0 saturated heterocycles. The molecule has 0 aliphatic heterocycles. The smallest absolute Gasteiger partial charge is 0.371 e. The molecule has 0 aliphatic rings. The van der Waals surface area contributed by atoms with Crippen molar-refractivity contribution in [3.05, 3.63) is 41.2 Å². The highest BCUT2D eigenvalue weighted by Crippen LogP contribution is 1.95. The summed E-state index contributed by atoms with van der Waals surface area (Å²) in [6.07, 6.45) is 2.55. The minimum Gasteiger partial charge on any atom is -0.754 e. The molecule has 0 bridgehead atoms. The number of aromatic nitrogens is 4. The van der Waals surface area contributed by atoms with Crippen molar-refractivity contribution in [3.8, 4) is 5.82 Å². The third-order valence-electron chi connectivity index (χ3n) is 1.71. The molecule has 2 heterocycles. The molecular formula is C7H6N5O3S-. The van der Waals surface area contributed by atoms with E-state index in [-0.39, 0.29) is 0 Å². The Morgan fingerprint density at radius 2 is 2.25 bits per heavy atom. The van der Waals surface area contributed by atoms with E-state index in [1.807, 2.05) is 4.83 Å². The first-order chi connectivity index (χ1) is 7.68. The Labute approximate surface area is 91.9 Å². The molecule has 0 saturated carbocycles. The summed E-state index contributed by atoms with van der Waals surface area (Å²) in [6, 6.07) is 4.95. The molecule has 1 unspecified atom stereocenters. The number of nitrogens with zero attached hydrogens (tertiary/aromatic N) is 4. The highest BCUT2D eigenvalue weighted by Gasteiger charge is 2.06. The largest absolute Gasteiger partial charge is 0.754 e. The fourth-order valence-electron chi connectivity index (χ4n) is 1.08. The van der Waals surface area contributed by atoms with Crippen molar-refractivity contribution in [1.29, 1.82) is 0 Å². The van der Waals surface area contributed by atoms with Crippen LogP contribution in [0.2, 0.25) is 0 Å². The Hall–Kier alpha value is -2.00. The SMILES string of the molecule is O=c1n(NS(=O)[O-])cnn1-c1ccccn1. The molecule has 0 spiro atoms. The zero-order chi connectivity index (χ0) is 11.5. The molecular weight excluding hydrogens is 234 g/mol. The van der Waals surface area contributed by atoms with Crippen LogP contribution in [0.25, 0.3) is 5.82 Å². The average molecular weight is 240 g/mol. The molecule has 9 heteroatoms. The van der Waals surface area contributed by atoms with E-state index in [0.717, 1.165) is 15.7 Å². The number of nitrogens with one attached hydrogen (secondary N) is 1. The second-order valence-electron chi connectivity index (χ2n) is 2.71. The lowest BCUT2D eigenvalue weighted by Crippen LogP contribution is -2.31. The van der Waals surface area contributed by atoms with Crippen molar-refractivity contribution in [1.82, 2.24) is 19.4 Å². The van der Waals surface area contributed by atoms with Crippen LogP contribution in [0.5, 0.6) is 0 Å². The number of rotatable bonds is 3. The number of hydrogen-bond donors (Lipinski definition) is 1. The van der Waals surface area contributed by atoms with Crippen LogP contribution in [0, 0.1) is 0 Å². The van der Waals surface area contributed by atoms with Crippen LogP contribution >= 0.6 is 0 Å². The minimum absolute atomic E-state index is 0.310. The van der Waals surface area contributed by atoms with Crippen molar-refractivity contribution in [2.45, 2.75) is 0 Å². The van der Waals surface area contributed by atoms with Gasteiger partial charge >= 0.3 is 5.69 Å². The molecule has 2 rings (SSSR count). The van der Waals surface area contributed by atoms with E-state index in [2.05, 4.69) is 10.1 Å². The van der Waals surface area contributed by atoms with Crippen molar-refractivity contribution in [3.63, 3.8) is 0 Å². The summed E-state index contributed by atoms with van der Waals surface area (Å²) < 4.78 is 22.4. The van der Waals surface area contributed by atoms with Crippen LogP contribution in [0.3, 0.4) is 0 Å². The first-order valence-corrected chi connectivity index (χ1v) is 5.20. The lowest BCUT2D eigenvalue weighted by molar-refractivity contribution is 0.536. The fraction of sp³-hybridized carbons (Fsp3) is 0. The van der Waals surface area contributed by atoms with E-state index in [1.165, 1.54) is 6.20 Å². The zero-order valence-electron chi connectivity index (χ0n) is 7.81. The van der Waals surface area contributed by atoms with Gasteiger partial charge in [-0.1, -0.05) is 6.07 Å². The average Bonchev–Trinajstić information content (AvgIpc) is 2.61. The summed E-state index contributed by atoms with van der Waals surface area (Å²) >= 11 is -2.58. The summed E-state index contributed by atoms with van der Waals surface area (Å²) in [7, 11) is 0. The van der Waals surface area contributed by atoms with E-state index >= 15 is 0 Å². The molecule has 2 aromatic heterocycles. The topological polar surface area (TPSA) is 105 Å². The van der Waals surface area contributed by atoms with Gasteiger partial charge in [-0.15, -0.1) is 5.10 Å². The van der Waals surface area contributed by atoms with E-state index < -0.39 is 17.0 Å². The summed E-state index contributed by atoms with van der Waals surface area (Å²) in [6.45, 7) is 0. The van der Waals surface area contributed by atoms with E-state index in [4.69, 9.17) is 0 Å². The van der Waals surface area contributed by atoms with Gasteiger partial charge in [0.1, 0.15) is 6.33 Å². The van der Waals surface area contributed by atoms with Gasteiger partial charge < -0.3 is 4.55 Å². The predicted octanol–water partition coefficient (Wildman–Crippen LogP) is -1.23. The maximum atomic E-state index is 11.6. The van der Waals surface area contributed by atoms with Gasteiger partial charge in [0, 0.05) is 6.20 Å². The molecule has 0 amide bonds. The van der Waals surface area contributed by atoms with Gasteiger partial charge in [0.25, 0.3) is 0 Å². The fourth-order valence-corrected chi connectivity index (χ4v) is 1.37. The Morgan fingerprint density at radius 1 is 1.44 bits per heavy atom. The lowest BCUT2D eigenvalue weighted by Gasteiger charge is -2.06. The molecule has 1 N–H and O–H groups in total. The van der Waals surface area contributed by atoms with Crippen molar-refractivity contribution < 1.29 is 8.76 Å². The molecule has 0 aromatic carbocycles. The van der Waals surface area contributed by atoms with Gasteiger partial charge in [-0.25, -0.2) is 14.6 Å². The predicted molar refractivity (Wildman–Crippen MR) is 53.9 cm³/mol.